The van der Waals surface area contributed by atoms with Crippen LogP contribution in [0.3, 0.4) is 0 Å². The van der Waals surface area contributed by atoms with Crippen LogP contribution in [0, 0.1) is 11.8 Å². The highest BCUT2D eigenvalue weighted by molar-refractivity contribution is 5.94. The second kappa shape index (κ2) is 5.24. The molecule has 0 radical (unpaired) electrons. The lowest BCUT2D eigenvalue weighted by molar-refractivity contribution is -0.117. The van der Waals surface area contributed by atoms with Gasteiger partial charge < -0.3 is 10.2 Å². The normalized spacial score (nSPS) is 26.1. The largest absolute Gasteiger partial charge is 0.372 e. The van der Waals surface area contributed by atoms with Gasteiger partial charge in [0.25, 0.3) is 0 Å². The molecule has 3 heteroatoms. The number of benzene rings is 1. The summed E-state index contributed by atoms with van der Waals surface area (Å²) in [5, 5.41) is 3.01. The van der Waals surface area contributed by atoms with Crippen molar-refractivity contribution < 1.29 is 4.79 Å². The Morgan fingerprint density at radius 2 is 1.79 bits per heavy atom. The number of nitrogens with zero attached hydrogens (tertiary/aromatic N) is 1. The van der Waals surface area contributed by atoms with E-state index in [9.17, 15) is 4.79 Å². The van der Waals surface area contributed by atoms with Crippen LogP contribution in [0.1, 0.15) is 32.6 Å². The van der Waals surface area contributed by atoms with Crippen LogP contribution >= 0.6 is 0 Å². The summed E-state index contributed by atoms with van der Waals surface area (Å²) in [6.07, 6.45) is 4.97. The molecule has 1 aromatic rings. The molecule has 0 bridgehead atoms. The summed E-state index contributed by atoms with van der Waals surface area (Å²) < 4.78 is 0. The number of carbonyl (C=O) groups excluding carboxylic acids is 1. The fraction of sp³-hybridized carbons (Fsp3) is 0.562. The van der Waals surface area contributed by atoms with E-state index in [4.69, 9.17) is 0 Å². The predicted molar refractivity (Wildman–Crippen MR) is 78.4 cm³/mol. The lowest BCUT2D eigenvalue weighted by atomic mass is 10.1. The number of piperidine rings is 1. The van der Waals surface area contributed by atoms with Crippen molar-refractivity contribution in [1.29, 1.82) is 0 Å². The van der Waals surface area contributed by atoms with Crippen molar-refractivity contribution in [3.8, 4) is 0 Å². The Kier molecular flexibility index (Phi) is 3.45. The van der Waals surface area contributed by atoms with Crippen LogP contribution < -0.4 is 10.2 Å². The van der Waals surface area contributed by atoms with Crippen molar-refractivity contribution in [2.24, 2.45) is 11.8 Å². The van der Waals surface area contributed by atoms with Gasteiger partial charge >= 0.3 is 0 Å². The van der Waals surface area contributed by atoms with Crippen molar-refractivity contribution in [3.63, 3.8) is 0 Å². The van der Waals surface area contributed by atoms with Crippen LogP contribution in [0.15, 0.2) is 24.3 Å². The number of amides is 1. The number of carbonyl (C=O) groups is 1. The summed E-state index contributed by atoms with van der Waals surface area (Å²) >= 11 is 0. The zero-order valence-electron chi connectivity index (χ0n) is 11.6. The van der Waals surface area contributed by atoms with Gasteiger partial charge in [-0.15, -0.1) is 0 Å². The van der Waals surface area contributed by atoms with E-state index in [-0.39, 0.29) is 11.8 Å². The minimum Gasteiger partial charge on any atom is -0.372 e. The summed E-state index contributed by atoms with van der Waals surface area (Å²) in [6.45, 7) is 4.44. The van der Waals surface area contributed by atoms with E-state index in [1.165, 1.54) is 24.9 Å². The number of rotatable bonds is 3. The number of hydrogen-bond donors (Lipinski definition) is 1. The maximum atomic E-state index is 11.9. The monoisotopic (exact) mass is 258 g/mol. The maximum Gasteiger partial charge on any atom is 0.227 e. The van der Waals surface area contributed by atoms with Gasteiger partial charge in [0, 0.05) is 30.4 Å². The van der Waals surface area contributed by atoms with Gasteiger partial charge in [-0.3, -0.25) is 4.79 Å². The Balaban J connectivity index is 1.60. The molecule has 1 saturated carbocycles. The Hall–Kier alpha value is -1.51. The molecule has 1 heterocycles. The quantitative estimate of drug-likeness (QED) is 0.902. The first-order chi connectivity index (χ1) is 9.24. The molecule has 1 saturated heterocycles. The van der Waals surface area contributed by atoms with Crippen molar-refractivity contribution in [2.45, 2.75) is 32.6 Å². The molecule has 0 aromatic heterocycles. The van der Waals surface area contributed by atoms with Gasteiger partial charge in [0.15, 0.2) is 0 Å². The molecule has 2 fully saturated rings. The highest BCUT2D eigenvalue weighted by Crippen LogP contribution is 2.38. The first-order valence-electron chi connectivity index (χ1n) is 7.40. The van der Waals surface area contributed by atoms with E-state index in [2.05, 4.69) is 29.3 Å². The molecule has 1 aliphatic heterocycles. The minimum absolute atomic E-state index is 0.179. The lowest BCUT2D eigenvalue weighted by Crippen LogP contribution is -2.29. The number of nitrogens with one attached hydrogen (secondary N) is 1. The Labute approximate surface area is 115 Å². The smallest absolute Gasteiger partial charge is 0.227 e. The Morgan fingerprint density at radius 3 is 2.37 bits per heavy atom. The van der Waals surface area contributed by atoms with Crippen molar-refractivity contribution in [3.05, 3.63) is 24.3 Å². The molecule has 1 aromatic carbocycles. The van der Waals surface area contributed by atoms with Gasteiger partial charge in [0.05, 0.1) is 0 Å². The molecule has 2 atom stereocenters. The fourth-order valence-electron chi connectivity index (χ4n) is 2.83. The fourth-order valence-corrected chi connectivity index (χ4v) is 2.83. The molecule has 3 nitrogen and oxygen atoms in total. The second-order valence-corrected chi connectivity index (χ2v) is 5.90. The third-order valence-corrected chi connectivity index (χ3v) is 4.30. The van der Waals surface area contributed by atoms with Gasteiger partial charge in [0.1, 0.15) is 0 Å². The molecule has 2 aliphatic rings. The van der Waals surface area contributed by atoms with Crippen molar-refractivity contribution in [1.82, 2.24) is 0 Å². The van der Waals surface area contributed by atoms with Crippen LogP contribution in [0.2, 0.25) is 0 Å². The molecule has 0 spiro atoms. The van der Waals surface area contributed by atoms with E-state index in [0.29, 0.717) is 5.92 Å². The standard InChI is InChI=1S/C16H22N2O/c1-12-11-15(12)16(19)17-13-5-7-14(8-6-13)18-9-3-2-4-10-18/h5-8,12,15H,2-4,9-11H2,1H3,(H,17,19)/t12-,15+/m1/s1. The summed E-state index contributed by atoms with van der Waals surface area (Å²) in [4.78, 5) is 14.3. The zero-order valence-corrected chi connectivity index (χ0v) is 11.6. The van der Waals surface area contributed by atoms with Gasteiger partial charge in [-0.05, 0) is 55.9 Å². The van der Waals surface area contributed by atoms with E-state index < -0.39 is 0 Å². The summed E-state index contributed by atoms with van der Waals surface area (Å²) in [5.41, 5.74) is 2.20. The van der Waals surface area contributed by atoms with Gasteiger partial charge in [-0.1, -0.05) is 6.92 Å². The number of hydrogen-bond acceptors (Lipinski definition) is 2. The molecule has 1 N–H and O–H groups in total. The SMILES string of the molecule is C[C@@H]1C[C@@H]1C(=O)Nc1ccc(N2CCCCC2)cc1. The second-order valence-electron chi connectivity index (χ2n) is 5.90. The predicted octanol–water partition coefficient (Wildman–Crippen LogP) is 3.27. The average molecular weight is 258 g/mol. The van der Waals surface area contributed by atoms with Crippen molar-refractivity contribution >= 4 is 17.3 Å². The van der Waals surface area contributed by atoms with E-state index >= 15 is 0 Å². The number of anilines is 2. The Morgan fingerprint density at radius 1 is 1.16 bits per heavy atom. The van der Waals surface area contributed by atoms with Crippen LogP contribution in [-0.2, 0) is 4.79 Å². The van der Waals surface area contributed by atoms with E-state index in [0.717, 1.165) is 25.2 Å². The third-order valence-electron chi connectivity index (χ3n) is 4.30. The van der Waals surface area contributed by atoms with Gasteiger partial charge in [-0.2, -0.15) is 0 Å². The van der Waals surface area contributed by atoms with Crippen LogP contribution in [0.4, 0.5) is 11.4 Å². The van der Waals surface area contributed by atoms with Crippen molar-refractivity contribution in [2.75, 3.05) is 23.3 Å². The molecule has 102 valence electrons. The Bertz CT molecular complexity index is 448. The molecular weight excluding hydrogens is 236 g/mol. The third kappa shape index (κ3) is 2.91. The van der Waals surface area contributed by atoms with E-state index in [1.54, 1.807) is 0 Å². The highest BCUT2D eigenvalue weighted by Gasteiger charge is 2.38. The van der Waals surface area contributed by atoms with Gasteiger partial charge in [-0.25, -0.2) is 0 Å². The first-order valence-corrected chi connectivity index (χ1v) is 7.40. The molecule has 0 unspecified atom stereocenters. The molecular formula is C16H22N2O. The summed E-state index contributed by atoms with van der Waals surface area (Å²) in [5.74, 6) is 0.979. The molecule has 1 aliphatic carbocycles. The molecule has 19 heavy (non-hydrogen) atoms. The maximum absolute atomic E-state index is 11.9. The van der Waals surface area contributed by atoms with Crippen LogP contribution in [0.5, 0.6) is 0 Å². The van der Waals surface area contributed by atoms with E-state index in [1.807, 2.05) is 12.1 Å². The summed E-state index contributed by atoms with van der Waals surface area (Å²) in [7, 11) is 0. The van der Waals surface area contributed by atoms with Crippen LogP contribution in [0.25, 0.3) is 0 Å². The average Bonchev–Trinajstić information content (AvgIpc) is 3.18. The van der Waals surface area contributed by atoms with Gasteiger partial charge in [0.2, 0.25) is 5.91 Å². The first kappa shape index (κ1) is 12.5. The zero-order chi connectivity index (χ0) is 13.2. The molecule has 3 rings (SSSR count). The van der Waals surface area contributed by atoms with Crippen LogP contribution in [-0.4, -0.2) is 19.0 Å². The lowest BCUT2D eigenvalue weighted by Gasteiger charge is -2.28. The highest BCUT2D eigenvalue weighted by atomic mass is 16.2. The topological polar surface area (TPSA) is 32.3 Å². The molecule has 1 amide bonds. The summed E-state index contributed by atoms with van der Waals surface area (Å²) in [6, 6.07) is 8.29. The minimum atomic E-state index is 0.179.